The molecule has 0 bridgehead atoms. The average molecular weight is 524 g/mol. The lowest BCUT2D eigenvalue weighted by Gasteiger charge is -2.35. The third kappa shape index (κ3) is 6.06. The minimum absolute atomic E-state index is 0.119. The van der Waals surface area contributed by atoms with Crippen LogP contribution in [-0.2, 0) is 24.0 Å². The van der Waals surface area contributed by atoms with E-state index in [4.69, 9.17) is 5.73 Å². The summed E-state index contributed by atoms with van der Waals surface area (Å²) in [6.07, 6.45) is 2.46. The Morgan fingerprint density at radius 3 is 1.81 bits per heavy atom. The number of carbonyl (C=O) groups excluding carboxylic acids is 4. The highest BCUT2D eigenvalue weighted by Gasteiger charge is 2.46. The standard InChI is InChI=1S/C25H41N5O7/c1-4-14(2)19(26)21(32)27-20(15(3)31)24(35)29-12-6-9-17(29)22(33)28-11-5-8-16(28)23(34)30-13-7-10-18(30)25(36)37/h14-20,31H,4-13,26H2,1-3H3,(H,27,32)(H,36,37)/t14-,15+,16-,17-,18-,19-,20-/m0/s1. The van der Waals surface area contributed by atoms with E-state index in [-0.39, 0.29) is 24.3 Å². The molecule has 7 atom stereocenters. The van der Waals surface area contributed by atoms with Gasteiger partial charge in [0.25, 0.3) is 0 Å². The first kappa shape index (κ1) is 28.8. The van der Waals surface area contributed by atoms with Crippen LogP contribution < -0.4 is 11.1 Å². The minimum atomic E-state index is -1.26. The summed E-state index contributed by atoms with van der Waals surface area (Å²) in [5.41, 5.74) is 6.00. The molecular weight excluding hydrogens is 482 g/mol. The molecule has 3 saturated heterocycles. The fourth-order valence-corrected chi connectivity index (χ4v) is 5.57. The van der Waals surface area contributed by atoms with Crippen LogP contribution in [0.1, 0.15) is 65.7 Å². The lowest BCUT2D eigenvalue weighted by Crippen LogP contribution is -2.60. The molecule has 3 aliphatic heterocycles. The number of carboxylic acid groups (broad SMARTS) is 1. The Labute approximate surface area is 217 Å². The fraction of sp³-hybridized carbons (Fsp3) is 0.800. The van der Waals surface area contributed by atoms with E-state index in [1.807, 2.05) is 13.8 Å². The summed E-state index contributed by atoms with van der Waals surface area (Å²) in [6, 6.07) is -4.56. The molecular formula is C25H41N5O7. The maximum atomic E-state index is 13.6. The van der Waals surface area contributed by atoms with Crippen molar-refractivity contribution in [3.05, 3.63) is 0 Å². The maximum absolute atomic E-state index is 13.6. The summed E-state index contributed by atoms with van der Waals surface area (Å²) in [5, 5.41) is 22.4. The molecule has 0 saturated carbocycles. The van der Waals surface area contributed by atoms with Gasteiger partial charge in [-0.05, 0) is 51.4 Å². The van der Waals surface area contributed by atoms with E-state index in [9.17, 15) is 34.2 Å². The van der Waals surface area contributed by atoms with Crippen LogP contribution in [0, 0.1) is 5.92 Å². The van der Waals surface area contributed by atoms with Gasteiger partial charge in [-0.1, -0.05) is 20.3 Å². The number of carboxylic acids is 1. The molecule has 3 rings (SSSR count). The van der Waals surface area contributed by atoms with E-state index >= 15 is 0 Å². The molecule has 4 amide bonds. The summed E-state index contributed by atoms with van der Waals surface area (Å²) < 4.78 is 0. The molecule has 0 aromatic carbocycles. The van der Waals surface area contributed by atoms with Crippen molar-refractivity contribution < 1.29 is 34.2 Å². The zero-order valence-electron chi connectivity index (χ0n) is 22.0. The Kier molecular flexibility index (Phi) is 9.51. The summed E-state index contributed by atoms with van der Waals surface area (Å²) in [5.74, 6) is -3.00. The Hall–Kier alpha value is -2.73. The van der Waals surface area contributed by atoms with Gasteiger partial charge in [0.1, 0.15) is 24.2 Å². The number of hydrogen-bond donors (Lipinski definition) is 4. The average Bonchev–Trinajstić information content (AvgIpc) is 3.64. The second-order valence-electron chi connectivity index (χ2n) is 10.5. The van der Waals surface area contributed by atoms with Crippen molar-refractivity contribution >= 4 is 29.6 Å². The predicted octanol–water partition coefficient (Wildman–Crippen LogP) is -0.717. The Bertz CT molecular complexity index is 897. The number of aliphatic hydroxyl groups excluding tert-OH is 1. The summed E-state index contributed by atoms with van der Waals surface area (Å²) >= 11 is 0. The quantitative estimate of drug-likeness (QED) is 0.306. The number of aliphatic hydroxyl groups is 1. The van der Waals surface area contributed by atoms with Crippen LogP contribution in [0.4, 0.5) is 0 Å². The molecule has 37 heavy (non-hydrogen) atoms. The van der Waals surface area contributed by atoms with Gasteiger partial charge < -0.3 is 36.0 Å². The Balaban J connectivity index is 1.73. The number of nitrogens with one attached hydrogen (secondary N) is 1. The molecule has 3 heterocycles. The lowest BCUT2D eigenvalue weighted by molar-refractivity contribution is -0.154. The van der Waals surface area contributed by atoms with Gasteiger partial charge in [0.2, 0.25) is 23.6 Å². The van der Waals surface area contributed by atoms with Crippen LogP contribution in [-0.4, -0.2) is 110 Å². The summed E-state index contributed by atoms with van der Waals surface area (Å²) in [7, 11) is 0. The van der Waals surface area contributed by atoms with Gasteiger partial charge in [0.15, 0.2) is 0 Å². The van der Waals surface area contributed by atoms with Crippen LogP contribution in [0.5, 0.6) is 0 Å². The zero-order valence-corrected chi connectivity index (χ0v) is 22.0. The Morgan fingerprint density at radius 2 is 1.32 bits per heavy atom. The number of hydrogen-bond acceptors (Lipinski definition) is 7. The minimum Gasteiger partial charge on any atom is -0.480 e. The monoisotopic (exact) mass is 523 g/mol. The van der Waals surface area contributed by atoms with Gasteiger partial charge >= 0.3 is 5.97 Å². The molecule has 12 heteroatoms. The number of amides is 4. The highest BCUT2D eigenvalue weighted by atomic mass is 16.4. The van der Waals surface area contributed by atoms with E-state index < -0.39 is 54.1 Å². The van der Waals surface area contributed by atoms with Crippen molar-refractivity contribution in [3.8, 4) is 0 Å². The van der Waals surface area contributed by atoms with Gasteiger partial charge in [-0.15, -0.1) is 0 Å². The fourth-order valence-electron chi connectivity index (χ4n) is 5.57. The van der Waals surface area contributed by atoms with Crippen LogP contribution in [0.3, 0.4) is 0 Å². The van der Waals surface area contributed by atoms with Crippen LogP contribution in [0.25, 0.3) is 0 Å². The van der Waals surface area contributed by atoms with Crippen LogP contribution >= 0.6 is 0 Å². The topological polar surface area (TPSA) is 174 Å². The molecule has 208 valence electrons. The van der Waals surface area contributed by atoms with Gasteiger partial charge in [0.05, 0.1) is 12.1 Å². The van der Waals surface area contributed by atoms with Crippen molar-refractivity contribution in [1.29, 1.82) is 0 Å². The number of likely N-dealkylation sites (tertiary alicyclic amines) is 3. The molecule has 0 radical (unpaired) electrons. The largest absolute Gasteiger partial charge is 0.480 e. The van der Waals surface area contributed by atoms with E-state index in [0.717, 1.165) is 0 Å². The lowest BCUT2D eigenvalue weighted by atomic mass is 9.98. The third-order valence-corrected chi connectivity index (χ3v) is 8.07. The van der Waals surface area contributed by atoms with E-state index in [2.05, 4.69) is 5.32 Å². The Morgan fingerprint density at radius 1 is 0.865 bits per heavy atom. The predicted molar refractivity (Wildman–Crippen MR) is 133 cm³/mol. The van der Waals surface area contributed by atoms with E-state index in [1.54, 1.807) is 0 Å². The molecule has 0 aromatic rings. The molecule has 0 unspecified atom stereocenters. The summed E-state index contributed by atoms with van der Waals surface area (Å²) in [4.78, 5) is 68.8. The molecule has 5 N–H and O–H groups in total. The smallest absolute Gasteiger partial charge is 0.326 e. The number of carbonyl (C=O) groups is 5. The van der Waals surface area contributed by atoms with Gasteiger partial charge in [-0.3, -0.25) is 19.2 Å². The second-order valence-corrected chi connectivity index (χ2v) is 10.5. The normalized spacial score (nSPS) is 27.1. The van der Waals surface area contributed by atoms with Crippen molar-refractivity contribution in [1.82, 2.24) is 20.0 Å². The first-order chi connectivity index (χ1) is 17.5. The number of nitrogens with two attached hydrogens (primary N) is 1. The van der Waals surface area contributed by atoms with Crippen LogP contribution in [0.15, 0.2) is 0 Å². The number of rotatable bonds is 9. The molecule has 0 spiro atoms. The van der Waals surface area contributed by atoms with Gasteiger partial charge in [-0.25, -0.2) is 4.79 Å². The highest BCUT2D eigenvalue weighted by Crippen LogP contribution is 2.29. The van der Waals surface area contributed by atoms with Gasteiger partial charge in [-0.2, -0.15) is 0 Å². The van der Waals surface area contributed by atoms with Gasteiger partial charge in [0, 0.05) is 19.6 Å². The first-order valence-corrected chi connectivity index (χ1v) is 13.4. The first-order valence-electron chi connectivity index (χ1n) is 13.4. The maximum Gasteiger partial charge on any atom is 0.326 e. The third-order valence-electron chi connectivity index (χ3n) is 8.07. The molecule has 3 aliphatic rings. The van der Waals surface area contributed by atoms with Crippen molar-refractivity contribution in [2.24, 2.45) is 11.7 Å². The number of nitrogens with zero attached hydrogens (tertiary/aromatic N) is 3. The van der Waals surface area contributed by atoms with Crippen molar-refractivity contribution in [2.45, 2.75) is 102 Å². The van der Waals surface area contributed by atoms with E-state index in [1.165, 1.54) is 21.6 Å². The SMILES string of the molecule is CC[C@H](C)[C@H](N)C(=O)N[C@H](C(=O)N1CCC[C@H]1C(=O)N1CCC[C@H]1C(=O)N1CCC[C@H]1C(=O)O)[C@@H](C)O. The zero-order chi connectivity index (χ0) is 27.4. The van der Waals surface area contributed by atoms with Crippen molar-refractivity contribution in [2.75, 3.05) is 19.6 Å². The molecule has 0 aromatic heterocycles. The second kappa shape index (κ2) is 12.2. The highest BCUT2D eigenvalue weighted by molar-refractivity contribution is 5.96. The van der Waals surface area contributed by atoms with Crippen molar-refractivity contribution in [3.63, 3.8) is 0 Å². The molecule has 0 aliphatic carbocycles. The van der Waals surface area contributed by atoms with E-state index in [0.29, 0.717) is 58.0 Å². The number of aliphatic carboxylic acids is 1. The molecule has 12 nitrogen and oxygen atoms in total. The summed E-state index contributed by atoms with van der Waals surface area (Å²) in [6.45, 7) is 6.10. The molecule has 3 fully saturated rings. The van der Waals surface area contributed by atoms with Crippen LogP contribution in [0.2, 0.25) is 0 Å².